The Morgan fingerprint density at radius 3 is 1.61 bits per heavy atom. The Morgan fingerprint density at radius 2 is 1.33 bits per heavy atom. The lowest BCUT2D eigenvalue weighted by Gasteiger charge is -2.14. The summed E-state index contributed by atoms with van der Waals surface area (Å²) in [7, 11) is 5.98. The van der Waals surface area contributed by atoms with E-state index in [0.717, 1.165) is 25.9 Å². The molecule has 0 bridgehead atoms. The van der Waals surface area contributed by atoms with Crippen LogP contribution < -0.4 is 0 Å². The summed E-state index contributed by atoms with van der Waals surface area (Å²) in [4.78, 5) is 4.23. The zero-order valence-electron chi connectivity index (χ0n) is 13.4. The van der Waals surface area contributed by atoms with Gasteiger partial charge in [-0.3, -0.25) is 0 Å². The van der Waals surface area contributed by atoms with Gasteiger partial charge in [0.2, 0.25) is 0 Å². The van der Waals surface area contributed by atoms with E-state index in [1.54, 1.807) is 0 Å². The van der Waals surface area contributed by atoms with Crippen LogP contribution in [0.1, 0.15) is 40.0 Å². The molecule has 0 fully saturated rings. The minimum Gasteiger partial charge on any atom is -0.396 e. The molecule has 0 saturated carbocycles. The molecule has 0 saturated heterocycles. The molecule has 0 unspecified atom stereocenters. The van der Waals surface area contributed by atoms with Gasteiger partial charge in [-0.05, 0) is 53.5 Å². The van der Waals surface area contributed by atoms with Crippen LogP contribution >= 0.6 is 0 Å². The van der Waals surface area contributed by atoms with Crippen molar-refractivity contribution in [2.75, 3.05) is 54.0 Å². The van der Waals surface area contributed by atoms with Crippen molar-refractivity contribution in [3.05, 3.63) is 0 Å². The number of hydrogen-bond acceptors (Lipinski definition) is 4. The molecule has 4 nitrogen and oxygen atoms in total. The predicted octanol–water partition coefficient (Wildman–Crippen LogP) is 1.67. The van der Waals surface area contributed by atoms with Crippen LogP contribution in [-0.4, -0.2) is 74.0 Å². The molecule has 0 spiro atoms. The molecule has 0 amide bonds. The molecule has 18 heavy (non-hydrogen) atoms. The predicted molar refractivity (Wildman–Crippen MR) is 81.1 cm³/mol. The van der Waals surface area contributed by atoms with Crippen molar-refractivity contribution in [3.63, 3.8) is 0 Å². The first kappa shape index (κ1) is 23.0. The number of rotatable bonds is 8. The van der Waals surface area contributed by atoms with Gasteiger partial charge in [0.1, 0.15) is 0 Å². The van der Waals surface area contributed by atoms with Gasteiger partial charge < -0.3 is 20.0 Å². The Balaban J connectivity index is -0.000000241. The van der Waals surface area contributed by atoms with Crippen LogP contribution in [0.15, 0.2) is 0 Å². The second-order valence-corrected chi connectivity index (χ2v) is 4.26. The van der Waals surface area contributed by atoms with Gasteiger partial charge >= 0.3 is 0 Å². The third-order valence-corrected chi connectivity index (χ3v) is 2.10. The molecule has 0 aromatic rings. The molecule has 0 radical (unpaired) electrons. The van der Waals surface area contributed by atoms with E-state index < -0.39 is 0 Å². The smallest absolute Gasteiger partial charge is 0.0558 e. The number of nitrogens with zero attached hydrogens (tertiary/aromatic N) is 2. The van der Waals surface area contributed by atoms with Crippen LogP contribution in [0.25, 0.3) is 0 Å². The third kappa shape index (κ3) is 29.7. The Hall–Kier alpha value is -0.160. The molecule has 0 aliphatic rings. The standard InChI is InChI=1S/C8H19NO.C4H11NO.C2H6/c1-3-6-9(2)7-4-5-8-10;1-5(2)3-4-6;1-2/h10H,3-8H2,1-2H3;6H,3-4H2,1-2H3;1-2H3. The summed E-state index contributed by atoms with van der Waals surface area (Å²) in [5.41, 5.74) is 0. The number of hydrogen-bond donors (Lipinski definition) is 2. The van der Waals surface area contributed by atoms with Crippen LogP contribution in [0, 0.1) is 0 Å². The highest BCUT2D eigenvalue weighted by Gasteiger charge is 1.94. The van der Waals surface area contributed by atoms with Crippen LogP contribution in [0.2, 0.25) is 0 Å². The lowest BCUT2D eigenvalue weighted by atomic mass is 10.3. The highest BCUT2D eigenvalue weighted by Crippen LogP contribution is 1.92. The van der Waals surface area contributed by atoms with Crippen LogP contribution in [-0.2, 0) is 0 Å². The average Bonchev–Trinajstić information content (AvgIpc) is 2.33. The quantitative estimate of drug-likeness (QED) is 0.655. The van der Waals surface area contributed by atoms with Crippen LogP contribution in [0.4, 0.5) is 0 Å². The highest BCUT2D eigenvalue weighted by atomic mass is 16.3. The van der Waals surface area contributed by atoms with Gasteiger partial charge in [0.05, 0.1) is 6.61 Å². The lowest BCUT2D eigenvalue weighted by molar-refractivity contribution is 0.243. The van der Waals surface area contributed by atoms with E-state index >= 15 is 0 Å². The Morgan fingerprint density at radius 1 is 0.778 bits per heavy atom. The van der Waals surface area contributed by atoms with Gasteiger partial charge in [-0.15, -0.1) is 0 Å². The minimum absolute atomic E-state index is 0.257. The van der Waals surface area contributed by atoms with Gasteiger partial charge in [0, 0.05) is 13.2 Å². The van der Waals surface area contributed by atoms with Crippen molar-refractivity contribution >= 4 is 0 Å². The summed E-state index contributed by atoms with van der Waals surface area (Å²) in [6.07, 6.45) is 3.27. The normalized spacial score (nSPS) is 9.67. The molecule has 0 aromatic carbocycles. The van der Waals surface area contributed by atoms with Crippen molar-refractivity contribution in [1.29, 1.82) is 0 Å². The molecule has 0 aliphatic heterocycles. The molecular formula is C14H36N2O2. The molecule has 0 aromatic heterocycles. The summed E-state index contributed by atoms with van der Waals surface area (Å²) in [5, 5.41) is 16.7. The number of likely N-dealkylation sites (N-methyl/N-ethyl adjacent to an activating group) is 1. The first-order valence-corrected chi connectivity index (χ1v) is 7.13. The molecule has 0 atom stereocenters. The van der Waals surface area contributed by atoms with E-state index in [0.29, 0.717) is 6.61 Å². The zero-order chi connectivity index (χ0) is 14.8. The first-order valence-electron chi connectivity index (χ1n) is 7.13. The summed E-state index contributed by atoms with van der Waals surface area (Å²) in [6, 6.07) is 0. The zero-order valence-corrected chi connectivity index (χ0v) is 13.4. The second-order valence-electron chi connectivity index (χ2n) is 4.26. The maximum atomic E-state index is 8.49. The van der Waals surface area contributed by atoms with Crippen molar-refractivity contribution in [2.24, 2.45) is 0 Å². The van der Waals surface area contributed by atoms with Gasteiger partial charge in [-0.2, -0.15) is 0 Å². The maximum absolute atomic E-state index is 8.49. The molecule has 4 heteroatoms. The minimum atomic E-state index is 0.257. The fraction of sp³-hybridized carbons (Fsp3) is 1.00. The monoisotopic (exact) mass is 264 g/mol. The van der Waals surface area contributed by atoms with Crippen molar-refractivity contribution < 1.29 is 10.2 Å². The van der Waals surface area contributed by atoms with E-state index in [1.807, 2.05) is 32.8 Å². The van der Waals surface area contributed by atoms with Crippen LogP contribution in [0.5, 0.6) is 0 Å². The summed E-state index contributed by atoms with van der Waals surface area (Å²) < 4.78 is 0. The summed E-state index contributed by atoms with van der Waals surface area (Å²) in [6.45, 7) is 9.83. The van der Waals surface area contributed by atoms with Gasteiger partial charge in [-0.25, -0.2) is 0 Å². The molecule has 2 N–H and O–H groups in total. The number of unbranched alkanes of at least 4 members (excludes halogenated alkanes) is 1. The fourth-order valence-corrected chi connectivity index (χ4v) is 1.19. The molecule has 0 aliphatic carbocycles. The third-order valence-electron chi connectivity index (χ3n) is 2.10. The fourth-order valence-electron chi connectivity index (χ4n) is 1.19. The maximum Gasteiger partial charge on any atom is 0.0558 e. The molecule has 114 valence electrons. The summed E-state index contributed by atoms with van der Waals surface area (Å²) >= 11 is 0. The lowest BCUT2D eigenvalue weighted by Crippen LogP contribution is -2.20. The second kappa shape index (κ2) is 22.1. The number of aliphatic hydroxyl groups excluding tert-OH is 2. The Bertz CT molecular complexity index is 122. The highest BCUT2D eigenvalue weighted by molar-refractivity contribution is 4.49. The average molecular weight is 264 g/mol. The molecular weight excluding hydrogens is 228 g/mol. The van der Waals surface area contributed by atoms with Gasteiger partial charge in [-0.1, -0.05) is 20.8 Å². The Kier molecular flexibility index (Phi) is 28.2. The van der Waals surface area contributed by atoms with Gasteiger partial charge in [0.25, 0.3) is 0 Å². The largest absolute Gasteiger partial charge is 0.396 e. The van der Waals surface area contributed by atoms with Crippen molar-refractivity contribution in [2.45, 2.75) is 40.0 Å². The van der Waals surface area contributed by atoms with Crippen molar-refractivity contribution in [1.82, 2.24) is 9.80 Å². The van der Waals surface area contributed by atoms with E-state index in [4.69, 9.17) is 10.2 Å². The van der Waals surface area contributed by atoms with Gasteiger partial charge in [0.15, 0.2) is 0 Å². The van der Waals surface area contributed by atoms with Crippen LogP contribution in [0.3, 0.4) is 0 Å². The van der Waals surface area contributed by atoms with Crippen molar-refractivity contribution in [3.8, 4) is 0 Å². The van der Waals surface area contributed by atoms with E-state index in [9.17, 15) is 0 Å². The van der Waals surface area contributed by atoms with E-state index in [1.165, 1.54) is 13.0 Å². The van der Waals surface area contributed by atoms with E-state index in [2.05, 4.69) is 18.9 Å². The molecule has 0 rings (SSSR count). The number of aliphatic hydroxyl groups is 2. The topological polar surface area (TPSA) is 46.9 Å². The summed E-state index contributed by atoms with van der Waals surface area (Å²) in [5.74, 6) is 0. The Labute approximate surface area is 115 Å². The first-order chi connectivity index (χ1) is 8.58. The molecule has 0 heterocycles. The van der Waals surface area contributed by atoms with E-state index in [-0.39, 0.29) is 6.61 Å². The SMILES string of the molecule is CC.CCCN(C)CCCCO.CN(C)CCO.